The van der Waals surface area contributed by atoms with Crippen LogP contribution in [0.3, 0.4) is 0 Å². The van der Waals surface area contributed by atoms with Crippen molar-refractivity contribution in [3.8, 4) is 6.07 Å². The summed E-state index contributed by atoms with van der Waals surface area (Å²) in [5.74, 6) is -1.05. The van der Waals surface area contributed by atoms with Gasteiger partial charge in [0.05, 0.1) is 12.0 Å². The average molecular weight is 177 g/mol. The van der Waals surface area contributed by atoms with Crippen molar-refractivity contribution in [2.75, 3.05) is 0 Å². The quantitative estimate of drug-likeness (QED) is 0.516. The number of nitriles is 1. The molecular formula is C10H11NO2. The maximum Gasteiger partial charge on any atom is 0.327 e. The fraction of sp³-hybridized carbons (Fsp3) is 0.400. The summed E-state index contributed by atoms with van der Waals surface area (Å²) in [7, 11) is 0. The Labute approximate surface area is 77.0 Å². The van der Waals surface area contributed by atoms with Crippen molar-refractivity contribution >= 4 is 5.97 Å². The smallest absolute Gasteiger partial charge is 0.327 e. The van der Waals surface area contributed by atoms with E-state index in [-0.39, 0.29) is 11.8 Å². The molecule has 0 heterocycles. The molecule has 0 fully saturated rings. The van der Waals surface area contributed by atoms with Gasteiger partial charge in [-0.15, -0.1) is 0 Å². The molecule has 0 aromatic heterocycles. The zero-order chi connectivity index (χ0) is 9.68. The molecule has 0 aliphatic heterocycles. The van der Waals surface area contributed by atoms with Gasteiger partial charge < -0.3 is 5.11 Å². The normalized spacial score (nSPS) is 27.3. The number of rotatable bonds is 2. The minimum atomic E-state index is -0.953. The predicted octanol–water partition coefficient (Wildman–Crippen LogP) is 1.73. The molecule has 3 nitrogen and oxygen atoms in total. The van der Waals surface area contributed by atoms with Crippen LogP contribution in [0.1, 0.15) is 12.8 Å². The number of aliphatic carboxylic acids is 1. The van der Waals surface area contributed by atoms with E-state index in [0.29, 0.717) is 0 Å². The molecule has 0 radical (unpaired) electrons. The minimum Gasteiger partial charge on any atom is -0.478 e. The van der Waals surface area contributed by atoms with Crippen molar-refractivity contribution in [2.24, 2.45) is 11.8 Å². The van der Waals surface area contributed by atoms with Crippen LogP contribution in [0.5, 0.6) is 0 Å². The summed E-state index contributed by atoms with van der Waals surface area (Å²) in [4.78, 5) is 10.2. The van der Waals surface area contributed by atoms with Crippen molar-refractivity contribution < 1.29 is 9.90 Å². The number of hydrogen-bond acceptors (Lipinski definition) is 2. The van der Waals surface area contributed by atoms with Gasteiger partial charge in [0.15, 0.2) is 0 Å². The second-order valence-corrected chi connectivity index (χ2v) is 3.02. The van der Waals surface area contributed by atoms with Gasteiger partial charge in [-0.3, -0.25) is 0 Å². The molecule has 0 amide bonds. The molecule has 1 aliphatic rings. The fourth-order valence-corrected chi connectivity index (χ4v) is 1.41. The third-order valence-electron chi connectivity index (χ3n) is 2.11. The first kappa shape index (κ1) is 9.53. The lowest BCUT2D eigenvalue weighted by Gasteiger charge is -2.18. The topological polar surface area (TPSA) is 61.1 Å². The second-order valence-electron chi connectivity index (χ2n) is 3.02. The van der Waals surface area contributed by atoms with Crippen LogP contribution < -0.4 is 0 Å². The maximum absolute atomic E-state index is 10.2. The highest BCUT2D eigenvalue weighted by Crippen LogP contribution is 2.25. The van der Waals surface area contributed by atoms with Gasteiger partial charge in [-0.25, -0.2) is 4.79 Å². The average Bonchev–Trinajstić information content (AvgIpc) is 2.15. The van der Waals surface area contributed by atoms with Gasteiger partial charge in [0.1, 0.15) is 0 Å². The molecule has 1 aliphatic carbocycles. The number of carboxylic acid groups (broad SMARTS) is 1. The van der Waals surface area contributed by atoms with Gasteiger partial charge in [-0.2, -0.15) is 5.26 Å². The van der Waals surface area contributed by atoms with E-state index >= 15 is 0 Å². The van der Waals surface area contributed by atoms with Gasteiger partial charge in [-0.05, 0) is 18.8 Å². The Hall–Kier alpha value is -1.56. The summed E-state index contributed by atoms with van der Waals surface area (Å²) in [5, 5.41) is 17.2. The van der Waals surface area contributed by atoms with Crippen molar-refractivity contribution in [3.05, 3.63) is 24.3 Å². The van der Waals surface area contributed by atoms with Crippen molar-refractivity contribution in [1.29, 1.82) is 5.26 Å². The van der Waals surface area contributed by atoms with E-state index in [0.717, 1.165) is 18.9 Å². The Morgan fingerprint density at radius 2 is 2.46 bits per heavy atom. The van der Waals surface area contributed by atoms with Gasteiger partial charge >= 0.3 is 5.97 Å². The number of allylic oxidation sites excluding steroid dienone is 3. The third kappa shape index (κ3) is 2.75. The zero-order valence-electron chi connectivity index (χ0n) is 7.18. The monoisotopic (exact) mass is 177 g/mol. The van der Waals surface area contributed by atoms with Crippen LogP contribution in [-0.4, -0.2) is 11.1 Å². The Balaban J connectivity index is 2.64. The SMILES string of the molecule is N#CC1C=CCCC1/C=C/C(=O)O. The first-order chi connectivity index (χ1) is 6.24. The first-order valence-electron chi connectivity index (χ1n) is 4.21. The lowest BCUT2D eigenvalue weighted by molar-refractivity contribution is -0.131. The van der Waals surface area contributed by atoms with Crippen LogP contribution in [0.25, 0.3) is 0 Å². The summed E-state index contributed by atoms with van der Waals surface area (Å²) in [6.07, 6.45) is 8.33. The first-order valence-corrected chi connectivity index (χ1v) is 4.21. The van der Waals surface area contributed by atoms with E-state index in [1.165, 1.54) is 0 Å². The molecule has 3 heteroatoms. The molecule has 2 unspecified atom stereocenters. The fourth-order valence-electron chi connectivity index (χ4n) is 1.41. The molecule has 0 bridgehead atoms. The highest BCUT2D eigenvalue weighted by atomic mass is 16.4. The summed E-state index contributed by atoms with van der Waals surface area (Å²) >= 11 is 0. The van der Waals surface area contributed by atoms with Crippen LogP contribution >= 0.6 is 0 Å². The molecule has 68 valence electrons. The van der Waals surface area contributed by atoms with E-state index in [1.807, 2.05) is 12.2 Å². The lowest BCUT2D eigenvalue weighted by Crippen LogP contribution is -2.12. The van der Waals surface area contributed by atoms with Crippen LogP contribution in [0.15, 0.2) is 24.3 Å². The number of carboxylic acids is 1. The van der Waals surface area contributed by atoms with Crippen molar-refractivity contribution in [1.82, 2.24) is 0 Å². The molecule has 1 N–H and O–H groups in total. The summed E-state index contributed by atoms with van der Waals surface area (Å²) in [6.45, 7) is 0. The standard InChI is InChI=1S/C10H11NO2/c11-7-9-4-2-1-3-8(9)5-6-10(12)13/h2,4-6,8-9H,1,3H2,(H,12,13)/b6-5+. The van der Waals surface area contributed by atoms with E-state index < -0.39 is 5.97 Å². The third-order valence-corrected chi connectivity index (χ3v) is 2.11. The summed E-state index contributed by atoms with van der Waals surface area (Å²) in [5.41, 5.74) is 0. The predicted molar refractivity (Wildman–Crippen MR) is 47.7 cm³/mol. The molecule has 0 saturated carbocycles. The molecule has 2 atom stereocenters. The molecule has 1 rings (SSSR count). The Morgan fingerprint density at radius 1 is 1.69 bits per heavy atom. The lowest BCUT2D eigenvalue weighted by atomic mass is 9.85. The van der Waals surface area contributed by atoms with E-state index in [9.17, 15) is 4.79 Å². The van der Waals surface area contributed by atoms with Crippen LogP contribution in [0.2, 0.25) is 0 Å². The van der Waals surface area contributed by atoms with Crippen LogP contribution in [-0.2, 0) is 4.79 Å². The Bertz CT molecular complexity index is 286. The molecular weight excluding hydrogens is 166 g/mol. The van der Waals surface area contributed by atoms with Gasteiger partial charge in [0, 0.05) is 6.08 Å². The minimum absolute atomic E-state index is 0.0612. The van der Waals surface area contributed by atoms with Crippen LogP contribution in [0, 0.1) is 23.2 Å². The van der Waals surface area contributed by atoms with E-state index in [2.05, 4.69) is 6.07 Å². The second kappa shape index (κ2) is 4.46. The Kier molecular flexibility index (Phi) is 3.27. The highest BCUT2D eigenvalue weighted by molar-refractivity contribution is 5.79. The molecule has 0 aromatic carbocycles. The van der Waals surface area contributed by atoms with E-state index in [4.69, 9.17) is 10.4 Å². The maximum atomic E-state index is 10.2. The zero-order valence-corrected chi connectivity index (χ0v) is 7.18. The van der Waals surface area contributed by atoms with Crippen LogP contribution in [0.4, 0.5) is 0 Å². The number of nitrogens with zero attached hydrogens (tertiary/aromatic N) is 1. The van der Waals surface area contributed by atoms with Gasteiger partial charge in [0.2, 0.25) is 0 Å². The molecule has 13 heavy (non-hydrogen) atoms. The van der Waals surface area contributed by atoms with Gasteiger partial charge in [0.25, 0.3) is 0 Å². The van der Waals surface area contributed by atoms with Gasteiger partial charge in [-0.1, -0.05) is 18.2 Å². The van der Waals surface area contributed by atoms with E-state index in [1.54, 1.807) is 6.08 Å². The molecule has 0 aromatic rings. The van der Waals surface area contributed by atoms with Crippen molar-refractivity contribution in [3.63, 3.8) is 0 Å². The molecule has 0 spiro atoms. The van der Waals surface area contributed by atoms with Crippen molar-refractivity contribution in [2.45, 2.75) is 12.8 Å². The number of hydrogen-bond donors (Lipinski definition) is 1. The highest BCUT2D eigenvalue weighted by Gasteiger charge is 2.18. The summed E-state index contributed by atoms with van der Waals surface area (Å²) < 4.78 is 0. The molecule has 0 saturated heterocycles. The Morgan fingerprint density at radius 3 is 3.08 bits per heavy atom. The largest absolute Gasteiger partial charge is 0.478 e. The number of carbonyl (C=O) groups is 1. The summed E-state index contributed by atoms with van der Waals surface area (Å²) in [6, 6.07) is 2.15.